The van der Waals surface area contributed by atoms with Gasteiger partial charge < -0.3 is 0 Å². The Labute approximate surface area is 97.5 Å². The zero-order chi connectivity index (χ0) is 11.5. The van der Waals surface area contributed by atoms with Crippen LogP contribution in [0.1, 0.15) is 11.1 Å². The third-order valence-corrected chi connectivity index (χ3v) is 2.49. The lowest BCUT2D eigenvalue weighted by Gasteiger charge is -2.03. The van der Waals surface area contributed by atoms with Crippen LogP contribution < -0.4 is 0 Å². The van der Waals surface area contributed by atoms with E-state index >= 15 is 0 Å². The normalized spacial score (nSPS) is 10.4. The molecule has 0 N–H and O–H groups in total. The van der Waals surface area contributed by atoms with Gasteiger partial charge in [-0.3, -0.25) is 0 Å². The van der Waals surface area contributed by atoms with Crippen molar-refractivity contribution in [2.75, 3.05) is 0 Å². The van der Waals surface area contributed by atoms with Crippen LogP contribution in [-0.4, -0.2) is 0 Å². The predicted octanol–water partition coefficient (Wildman–Crippen LogP) is 4.01. The molecule has 3 heteroatoms. The van der Waals surface area contributed by atoms with Crippen LogP contribution in [0.3, 0.4) is 0 Å². The molecule has 0 aliphatic carbocycles. The summed E-state index contributed by atoms with van der Waals surface area (Å²) < 4.78 is 25.8. The van der Waals surface area contributed by atoms with Crippen molar-refractivity contribution in [3.05, 3.63) is 70.2 Å². The summed E-state index contributed by atoms with van der Waals surface area (Å²) in [5, 5.41) is 0.0777. The second kappa shape index (κ2) is 4.62. The van der Waals surface area contributed by atoms with Gasteiger partial charge in [0.05, 0.1) is 5.02 Å². The quantitative estimate of drug-likeness (QED) is 0.740. The maximum Gasteiger partial charge on any atom is 0.141 e. The molecule has 1 radical (unpaired) electrons. The number of hydrogen-bond donors (Lipinski definition) is 0. The molecule has 0 unspecified atom stereocenters. The highest BCUT2D eigenvalue weighted by molar-refractivity contribution is 6.30. The van der Waals surface area contributed by atoms with E-state index in [0.717, 1.165) is 5.56 Å². The van der Waals surface area contributed by atoms with Gasteiger partial charge in [0.1, 0.15) is 11.6 Å². The molecule has 2 aromatic carbocycles. The SMILES string of the molecule is Fc1cc[c]c(Cc2ccc(F)c(Cl)c2)c1. The summed E-state index contributed by atoms with van der Waals surface area (Å²) in [5.41, 5.74) is 1.54. The minimum atomic E-state index is -0.450. The van der Waals surface area contributed by atoms with Crippen LogP contribution in [0, 0.1) is 17.7 Å². The maximum absolute atomic E-state index is 12.9. The first-order chi connectivity index (χ1) is 7.65. The first-order valence-electron chi connectivity index (χ1n) is 4.75. The second-order valence-corrected chi connectivity index (χ2v) is 3.86. The van der Waals surface area contributed by atoms with Crippen molar-refractivity contribution in [2.24, 2.45) is 0 Å². The molecule has 0 spiro atoms. The smallest absolute Gasteiger partial charge is 0.141 e. The fourth-order valence-corrected chi connectivity index (χ4v) is 1.66. The van der Waals surface area contributed by atoms with Crippen LogP contribution in [0.2, 0.25) is 5.02 Å². The van der Waals surface area contributed by atoms with E-state index in [2.05, 4.69) is 6.07 Å². The van der Waals surface area contributed by atoms with Crippen LogP contribution >= 0.6 is 11.6 Å². The number of benzene rings is 2. The zero-order valence-electron chi connectivity index (χ0n) is 8.31. The van der Waals surface area contributed by atoms with Gasteiger partial charge in [0.15, 0.2) is 0 Å². The van der Waals surface area contributed by atoms with Gasteiger partial charge in [-0.1, -0.05) is 23.7 Å². The summed E-state index contributed by atoms with van der Waals surface area (Å²) in [4.78, 5) is 0. The van der Waals surface area contributed by atoms with Crippen molar-refractivity contribution in [1.29, 1.82) is 0 Å². The second-order valence-electron chi connectivity index (χ2n) is 3.46. The van der Waals surface area contributed by atoms with Crippen LogP contribution in [0.25, 0.3) is 0 Å². The Morgan fingerprint density at radius 2 is 1.94 bits per heavy atom. The standard InChI is InChI=1S/C13H8ClF2/c14-12-8-10(4-5-13(12)16)6-9-2-1-3-11(15)7-9/h1,3-5,7-8H,6H2. The minimum absolute atomic E-state index is 0.0777. The lowest BCUT2D eigenvalue weighted by molar-refractivity contribution is 0.624. The zero-order valence-corrected chi connectivity index (χ0v) is 9.06. The van der Waals surface area contributed by atoms with Crippen LogP contribution in [0.15, 0.2) is 36.4 Å². The average molecular weight is 238 g/mol. The van der Waals surface area contributed by atoms with Gasteiger partial charge in [0.25, 0.3) is 0 Å². The molecule has 0 fully saturated rings. The molecule has 2 aromatic rings. The number of halogens is 3. The molecule has 0 nitrogen and oxygen atoms in total. The van der Waals surface area contributed by atoms with Crippen LogP contribution in [-0.2, 0) is 6.42 Å². The summed E-state index contributed by atoms with van der Waals surface area (Å²) in [6, 6.07) is 11.6. The van der Waals surface area contributed by atoms with Crippen molar-refractivity contribution in [1.82, 2.24) is 0 Å². The van der Waals surface area contributed by atoms with Crippen molar-refractivity contribution in [2.45, 2.75) is 6.42 Å². The predicted molar refractivity (Wildman–Crippen MR) is 59.5 cm³/mol. The Bertz CT molecular complexity index is 509. The van der Waals surface area contributed by atoms with Crippen molar-refractivity contribution >= 4 is 11.6 Å². The van der Waals surface area contributed by atoms with Crippen molar-refractivity contribution in [3.63, 3.8) is 0 Å². The molecule has 0 heterocycles. The maximum atomic E-state index is 12.9. The van der Waals surface area contributed by atoms with E-state index in [4.69, 9.17) is 11.6 Å². The van der Waals surface area contributed by atoms with E-state index in [1.165, 1.54) is 30.3 Å². The minimum Gasteiger partial charge on any atom is -0.207 e. The molecule has 0 aromatic heterocycles. The molecule has 0 atom stereocenters. The molecule has 0 saturated heterocycles. The van der Waals surface area contributed by atoms with Crippen LogP contribution in [0.5, 0.6) is 0 Å². The van der Waals surface area contributed by atoms with Crippen molar-refractivity contribution < 1.29 is 8.78 Å². The Balaban J connectivity index is 2.24. The summed E-state index contributed by atoms with van der Waals surface area (Å²) in [5.74, 6) is -0.754. The average Bonchev–Trinajstić information content (AvgIpc) is 2.24. The van der Waals surface area contributed by atoms with Crippen molar-refractivity contribution in [3.8, 4) is 0 Å². The fraction of sp³-hybridized carbons (Fsp3) is 0.0769. The summed E-state index contributed by atoms with van der Waals surface area (Å²) in [7, 11) is 0. The molecule has 0 bridgehead atoms. The Morgan fingerprint density at radius 1 is 1.12 bits per heavy atom. The highest BCUT2D eigenvalue weighted by Gasteiger charge is 2.02. The molecule has 16 heavy (non-hydrogen) atoms. The number of rotatable bonds is 2. The van der Waals surface area contributed by atoms with Gasteiger partial charge >= 0.3 is 0 Å². The Hall–Kier alpha value is -1.41. The van der Waals surface area contributed by atoms with E-state index in [1.807, 2.05) is 0 Å². The van der Waals surface area contributed by atoms with Gasteiger partial charge in [0.2, 0.25) is 0 Å². The highest BCUT2D eigenvalue weighted by Crippen LogP contribution is 2.18. The van der Waals surface area contributed by atoms with Gasteiger partial charge in [-0.15, -0.1) is 0 Å². The first-order valence-corrected chi connectivity index (χ1v) is 5.13. The van der Waals surface area contributed by atoms with Gasteiger partial charge in [-0.05, 0) is 47.9 Å². The lowest BCUT2D eigenvalue weighted by atomic mass is 10.1. The molecule has 2 rings (SSSR count). The van der Waals surface area contributed by atoms with E-state index in [9.17, 15) is 8.78 Å². The van der Waals surface area contributed by atoms with E-state index < -0.39 is 5.82 Å². The Kier molecular flexibility index (Phi) is 3.20. The molecule has 0 aliphatic heterocycles. The summed E-state index contributed by atoms with van der Waals surface area (Å²) >= 11 is 5.65. The molecular formula is C13H8ClF2. The summed E-state index contributed by atoms with van der Waals surface area (Å²) in [6.45, 7) is 0. The third-order valence-electron chi connectivity index (χ3n) is 2.20. The van der Waals surface area contributed by atoms with Gasteiger partial charge in [-0.25, -0.2) is 8.78 Å². The monoisotopic (exact) mass is 237 g/mol. The largest absolute Gasteiger partial charge is 0.207 e. The van der Waals surface area contributed by atoms with E-state index in [0.29, 0.717) is 12.0 Å². The molecular weight excluding hydrogens is 230 g/mol. The molecule has 81 valence electrons. The topological polar surface area (TPSA) is 0 Å². The third kappa shape index (κ3) is 2.58. The molecule has 0 aliphatic rings. The van der Waals surface area contributed by atoms with E-state index in [-0.39, 0.29) is 10.8 Å². The highest BCUT2D eigenvalue weighted by atomic mass is 35.5. The van der Waals surface area contributed by atoms with Crippen LogP contribution in [0.4, 0.5) is 8.78 Å². The lowest BCUT2D eigenvalue weighted by Crippen LogP contribution is -1.90. The van der Waals surface area contributed by atoms with E-state index in [1.54, 1.807) is 6.07 Å². The summed E-state index contributed by atoms with van der Waals surface area (Å²) in [6.07, 6.45) is 0.484. The molecule has 0 amide bonds. The number of hydrogen-bond acceptors (Lipinski definition) is 0. The molecule has 0 saturated carbocycles. The van der Waals surface area contributed by atoms with Gasteiger partial charge in [0, 0.05) is 0 Å². The Morgan fingerprint density at radius 3 is 2.62 bits per heavy atom. The fourth-order valence-electron chi connectivity index (χ4n) is 1.46. The first kappa shape index (κ1) is 11.1. The van der Waals surface area contributed by atoms with Gasteiger partial charge in [-0.2, -0.15) is 0 Å².